The lowest BCUT2D eigenvalue weighted by Crippen LogP contribution is -2.44. The van der Waals surface area contributed by atoms with Crippen LogP contribution in [0.15, 0.2) is 16.7 Å². The Morgan fingerprint density at radius 3 is 2.52 bits per heavy atom. The molecule has 2 unspecified atom stereocenters. The van der Waals surface area contributed by atoms with Gasteiger partial charge in [0.25, 0.3) is 5.89 Å². The maximum absolute atomic E-state index is 12.5. The zero-order chi connectivity index (χ0) is 19.2. The highest BCUT2D eigenvalue weighted by atomic mass is 16.5. The average molecular weight is 372 g/mol. The number of anilines is 1. The van der Waals surface area contributed by atoms with E-state index in [1.807, 2.05) is 0 Å². The van der Waals surface area contributed by atoms with E-state index >= 15 is 0 Å². The maximum Gasteiger partial charge on any atom is 0.260 e. The Hall–Kier alpha value is -2.61. The van der Waals surface area contributed by atoms with Crippen molar-refractivity contribution in [2.75, 3.05) is 19.5 Å². The van der Waals surface area contributed by atoms with E-state index in [0.717, 1.165) is 25.7 Å². The number of aromatic nitrogens is 2. The second-order valence-corrected chi connectivity index (χ2v) is 7.49. The minimum Gasteiger partial charge on any atom is -0.493 e. The van der Waals surface area contributed by atoms with Gasteiger partial charge in [0, 0.05) is 12.0 Å². The summed E-state index contributed by atoms with van der Waals surface area (Å²) in [5.74, 6) is 2.22. The first-order chi connectivity index (χ1) is 12.9. The van der Waals surface area contributed by atoms with Gasteiger partial charge in [-0.2, -0.15) is 4.98 Å². The molecule has 0 spiro atoms. The van der Waals surface area contributed by atoms with Gasteiger partial charge in [-0.25, -0.2) is 0 Å². The quantitative estimate of drug-likeness (QED) is 0.801. The molecule has 8 nitrogen and oxygen atoms in total. The number of ether oxygens (including phenoxy) is 2. The lowest BCUT2D eigenvalue weighted by atomic mass is 9.77. The van der Waals surface area contributed by atoms with E-state index < -0.39 is 5.54 Å². The molecule has 4 rings (SSSR count). The number of carbonyl (C=O) groups excluding carboxylic acids is 1. The van der Waals surface area contributed by atoms with Crippen molar-refractivity contribution in [3.8, 4) is 23.0 Å². The molecule has 2 saturated carbocycles. The van der Waals surface area contributed by atoms with E-state index in [-0.39, 0.29) is 11.8 Å². The van der Waals surface area contributed by atoms with Crippen molar-refractivity contribution >= 4 is 11.6 Å². The van der Waals surface area contributed by atoms with Crippen LogP contribution in [0.2, 0.25) is 0 Å². The van der Waals surface area contributed by atoms with Crippen LogP contribution in [0.3, 0.4) is 0 Å². The topological polar surface area (TPSA) is 112 Å². The predicted octanol–water partition coefficient (Wildman–Crippen LogP) is 2.69. The van der Waals surface area contributed by atoms with Crippen LogP contribution in [0.25, 0.3) is 11.5 Å². The van der Waals surface area contributed by atoms with E-state index in [1.165, 1.54) is 0 Å². The Morgan fingerprint density at radius 1 is 1.30 bits per heavy atom. The van der Waals surface area contributed by atoms with E-state index in [0.29, 0.717) is 40.4 Å². The number of nitrogens with zero attached hydrogens (tertiary/aromatic N) is 2. The van der Waals surface area contributed by atoms with Gasteiger partial charge < -0.3 is 25.0 Å². The molecule has 27 heavy (non-hydrogen) atoms. The summed E-state index contributed by atoms with van der Waals surface area (Å²) in [5, 5.41) is 7.04. The molecule has 3 N–H and O–H groups in total. The first-order valence-corrected chi connectivity index (χ1v) is 9.15. The maximum atomic E-state index is 12.5. The van der Waals surface area contributed by atoms with Crippen LogP contribution in [0.1, 0.15) is 38.4 Å². The zero-order valence-corrected chi connectivity index (χ0v) is 15.7. The highest BCUT2D eigenvalue weighted by molar-refractivity contribution is 5.98. The summed E-state index contributed by atoms with van der Waals surface area (Å²) < 4.78 is 16.2. The zero-order valence-electron chi connectivity index (χ0n) is 15.7. The summed E-state index contributed by atoms with van der Waals surface area (Å²) in [4.78, 5) is 17.0. The number of hydrogen-bond acceptors (Lipinski definition) is 7. The summed E-state index contributed by atoms with van der Waals surface area (Å²) in [5.41, 5.74) is 6.90. The van der Waals surface area contributed by atoms with Crippen LogP contribution < -0.4 is 20.5 Å². The number of benzene rings is 1. The van der Waals surface area contributed by atoms with Crippen LogP contribution in [0.5, 0.6) is 11.5 Å². The van der Waals surface area contributed by atoms with Crippen molar-refractivity contribution in [2.45, 2.75) is 38.1 Å². The van der Waals surface area contributed by atoms with Gasteiger partial charge in [0.1, 0.15) is 0 Å². The Morgan fingerprint density at radius 2 is 1.96 bits per heavy atom. The molecule has 0 aliphatic heterocycles. The summed E-state index contributed by atoms with van der Waals surface area (Å²) in [6, 6.07) is 3.44. The average Bonchev–Trinajstić information content (AvgIpc) is 3.17. The highest BCUT2D eigenvalue weighted by Crippen LogP contribution is 2.43. The SMILES string of the molecule is COc1cc(NC(=O)C2CC2C)c(-c2nc(C3(N)CCC3)no2)cc1OC. The molecular formula is C19H24N4O4. The molecule has 1 heterocycles. The van der Waals surface area contributed by atoms with Crippen molar-refractivity contribution in [3.05, 3.63) is 18.0 Å². The highest BCUT2D eigenvalue weighted by Gasteiger charge is 2.40. The molecule has 1 aromatic heterocycles. The van der Waals surface area contributed by atoms with Gasteiger partial charge >= 0.3 is 0 Å². The molecule has 1 aromatic carbocycles. The number of hydrogen-bond donors (Lipinski definition) is 2. The molecule has 2 fully saturated rings. The fourth-order valence-electron chi connectivity index (χ4n) is 3.39. The molecule has 0 bridgehead atoms. The predicted molar refractivity (Wildman–Crippen MR) is 98.5 cm³/mol. The minimum absolute atomic E-state index is 0.0232. The Bertz CT molecular complexity index is 875. The molecule has 0 radical (unpaired) electrons. The van der Waals surface area contributed by atoms with Crippen molar-refractivity contribution in [2.24, 2.45) is 17.6 Å². The normalized spacial score (nSPS) is 22.7. The fourth-order valence-corrected chi connectivity index (χ4v) is 3.39. The largest absolute Gasteiger partial charge is 0.493 e. The van der Waals surface area contributed by atoms with Crippen molar-refractivity contribution < 1.29 is 18.8 Å². The van der Waals surface area contributed by atoms with Gasteiger partial charge in [-0.15, -0.1) is 0 Å². The van der Waals surface area contributed by atoms with Gasteiger partial charge in [0.15, 0.2) is 17.3 Å². The fraction of sp³-hybridized carbons (Fsp3) is 0.526. The van der Waals surface area contributed by atoms with Crippen molar-refractivity contribution in [3.63, 3.8) is 0 Å². The second kappa shape index (κ2) is 6.53. The van der Waals surface area contributed by atoms with E-state index in [4.69, 9.17) is 19.7 Å². The summed E-state index contributed by atoms with van der Waals surface area (Å²) in [6.45, 7) is 2.06. The van der Waals surface area contributed by atoms with Gasteiger partial charge in [-0.3, -0.25) is 4.79 Å². The van der Waals surface area contributed by atoms with Crippen molar-refractivity contribution in [1.29, 1.82) is 0 Å². The molecule has 2 aliphatic carbocycles. The smallest absolute Gasteiger partial charge is 0.260 e. The molecule has 2 aromatic rings. The number of carbonyl (C=O) groups is 1. The number of rotatable bonds is 6. The first kappa shape index (κ1) is 17.8. The summed E-state index contributed by atoms with van der Waals surface area (Å²) in [6.07, 6.45) is 3.62. The van der Waals surface area contributed by atoms with E-state index in [1.54, 1.807) is 26.4 Å². The van der Waals surface area contributed by atoms with E-state index in [9.17, 15) is 4.79 Å². The van der Waals surface area contributed by atoms with Crippen LogP contribution in [0.4, 0.5) is 5.69 Å². The third-order valence-electron chi connectivity index (χ3n) is 5.58. The summed E-state index contributed by atoms with van der Waals surface area (Å²) >= 11 is 0. The van der Waals surface area contributed by atoms with Crippen LogP contribution >= 0.6 is 0 Å². The summed E-state index contributed by atoms with van der Waals surface area (Å²) in [7, 11) is 3.10. The molecule has 144 valence electrons. The van der Waals surface area contributed by atoms with Gasteiger partial charge in [-0.1, -0.05) is 12.1 Å². The lowest BCUT2D eigenvalue weighted by Gasteiger charge is -2.34. The lowest BCUT2D eigenvalue weighted by molar-refractivity contribution is -0.117. The number of amides is 1. The number of nitrogens with one attached hydrogen (secondary N) is 1. The Labute approximate surface area is 157 Å². The second-order valence-electron chi connectivity index (χ2n) is 7.49. The van der Waals surface area contributed by atoms with Crippen LogP contribution in [0, 0.1) is 11.8 Å². The molecule has 2 atom stereocenters. The van der Waals surface area contributed by atoms with Gasteiger partial charge in [0.2, 0.25) is 5.91 Å². The molecule has 1 amide bonds. The van der Waals surface area contributed by atoms with Crippen molar-refractivity contribution in [1.82, 2.24) is 10.1 Å². The molecule has 0 saturated heterocycles. The van der Waals surface area contributed by atoms with Gasteiger partial charge in [-0.05, 0) is 37.7 Å². The first-order valence-electron chi connectivity index (χ1n) is 9.15. The monoisotopic (exact) mass is 372 g/mol. The third-order valence-corrected chi connectivity index (χ3v) is 5.58. The minimum atomic E-state index is -0.523. The Kier molecular flexibility index (Phi) is 4.30. The molecule has 8 heteroatoms. The van der Waals surface area contributed by atoms with Crippen LogP contribution in [-0.4, -0.2) is 30.3 Å². The molecular weight excluding hydrogens is 348 g/mol. The van der Waals surface area contributed by atoms with E-state index in [2.05, 4.69) is 22.4 Å². The Balaban J connectivity index is 1.72. The number of methoxy groups -OCH3 is 2. The third kappa shape index (κ3) is 3.14. The van der Waals surface area contributed by atoms with Gasteiger partial charge in [0.05, 0.1) is 31.0 Å². The standard InChI is InChI=1S/C19H24N4O4/c1-10-7-11(10)16(24)21-13-9-15(26-3)14(25-2)8-12(13)17-22-18(23-27-17)19(20)5-4-6-19/h8-11H,4-7,20H2,1-3H3,(H,21,24). The van der Waals surface area contributed by atoms with Crippen LogP contribution in [-0.2, 0) is 10.3 Å². The molecule has 2 aliphatic rings. The number of nitrogens with two attached hydrogens (primary N) is 1.